The zero-order chi connectivity index (χ0) is 15.4. The van der Waals surface area contributed by atoms with E-state index in [9.17, 15) is 0 Å². The Hall–Kier alpha value is -2.13. The molecule has 0 atom stereocenters. The third-order valence-corrected chi connectivity index (χ3v) is 5.42. The number of imidazole rings is 1. The molecule has 0 saturated heterocycles. The average Bonchev–Trinajstić information content (AvgIpc) is 2.98. The Labute approximate surface area is 134 Å². The molecule has 2 heterocycles. The first-order chi connectivity index (χ1) is 10.5. The van der Waals surface area contributed by atoms with E-state index in [-0.39, 0.29) is 0 Å². The second kappa shape index (κ2) is 4.68. The SMILES string of the molecule is Cc1ccc2c(c1)sc1nc(-c3ccc(C)c(C)c3)c(C)n12. The molecule has 0 amide bonds. The van der Waals surface area contributed by atoms with Crippen molar-refractivity contribution in [2.24, 2.45) is 0 Å². The van der Waals surface area contributed by atoms with Crippen molar-refractivity contribution in [1.82, 2.24) is 9.38 Å². The minimum absolute atomic E-state index is 1.08. The first-order valence-corrected chi connectivity index (χ1v) is 8.32. The molecular formula is C19H18N2S. The highest BCUT2D eigenvalue weighted by molar-refractivity contribution is 7.23. The summed E-state index contributed by atoms with van der Waals surface area (Å²) in [5.74, 6) is 0. The molecule has 0 aliphatic rings. The summed E-state index contributed by atoms with van der Waals surface area (Å²) in [4.78, 5) is 5.98. The molecule has 0 aliphatic carbocycles. The second-order valence-corrected chi connectivity index (χ2v) is 7.05. The van der Waals surface area contributed by atoms with E-state index in [0.717, 1.165) is 10.7 Å². The second-order valence-electron chi connectivity index (χ2n) is 6.04. The number of aromatic nitrogens is 2. The van der Waals surface area contributed by atoms with E-state index in [4.69, 9.17) is 4.98 Å². The molecule has 0 radical (unpaired) electrons. The van der Waals surface area contributed by atoms with E-state index in [1.165, 1.54) is 38.2 Å². The van der Waals surface area contributed by atoms with Crippen LogP contribution in [-0.2, 0) is 0 Å². The van der Waals surface area contributed by atoms with Gasteiger partial charge in [0.2, 0.25) is 0 Å². The van der Waals surface area contributed by atoms with Gasteiger partial charge in [0, 0.05) is 11.3 Å². The lowest BCUT2D eigenvalue weighted by atomic mass is 10.0. The number of benzene rings is 2. The molecule has 0 aliphatic heterocycles. The largest absolute Gasteiger partial charge is 0.287 e. The number of thiazole rings is 1. The highest BCUT2D eigenvalue weighted by Gasteiger charge is 2.15. The lowest BCUT2D eigenvalue weighted by molar-refractivity contribution is 1.18. The zero-order valence-corrected chi connectivity index (χ0v) is 14.1. The van der Waals surface area contributed by atoms with Crippen molar-refractivity contribution in [3.8, 4) is 11.3 Å². The molecule has 0 saturated carbocycles. The van der Waals surface area contributed by atoms with Gasteiger partial charge < -0.3 is 0 Å². The Kier molecular flexibility index (Phi) is 2.88. The quantitative estimate of drug-likeness (QED) is 0.457. The van der Waals surface area contributed by atoms with Crippen molar-refractivity contribution in [3.05, 3.63) is 58.8 Å². The topological polar surface area (TPSA) is 17.3 Å². The molecule has 4 aromatic rings. The molecule has 3 heteroatoms. The number of aryl methyl sites for hydroxylation is 4. The molecule has 0 fully saturated rings. The third kappa shape index (κ3) is 1.89. The van der Waals surface area contributed by atoms with Crippen molar-refractivity contribution >= 4 is 26.5 Å². The Morgan fingerprint density at radius 2 is 1.73 bits per heavy atom. The molecule has 2 aromatic heterocycles. The molecule has 0 N–H and O–H groups in total. The molecular weight excluding hydrogens is 288 g/mol. The van der Waals surface area contributed by atoms with E-state index in [2.05, 4.69) is 68.5 Å². The van der Waals surface area contributed by atoms with Crippen molar-refractivity contribution in [2.75, 3.05) is 0 Å². The van der Waals surface area contributed by atoms with Crippen LogP contribution in [0.2, 0.25) is 0 Å². The van der Waals surface area contributed by atoms with Gasteiger partial charge in [0.1, 0.15) is 0 Å². The molecule has 0 unspecified atom stereocenters. The maximum absolute atomic E-state index is 4.90. The van der Waals surface area contributed by atoms with Gasteiger partial charge in [-0.05, 0) is 62.6 Å². The van der Waals surface area contributed by atoms with Crippen LogP contribution in [0.15, 0.2) is 36.4 Å². The van der Waals surface area contributed by atoms with Crippen LogP contribution in [0.3, 0.4) is 0 Å². The molecule has 0 bridgehead atoms. The summed E-state index contributed by atoms with van der Waals surface area (Å²) in [5, 5.41) is 0. The van der Waals surface area contributed by atoms with Gasteiger partial charge >= 0.3 is 0 Å². The lowest BCUT2D eigenvalue weighted by Crippen LogP contribution is -1.88. The van der Waals surface area contributed by atoms with Crippen LogP contribution in [0.4, 0.5) is 0 Å². The van der Waals surface area contributed by atoms with Gasteiger partial charge in [0.15, 0.2) is 4.96 Å². The summed E-state index contributed by atoms with van der Waals surface area (Å²) in [5.41, 5.74) is 8.70. The third-order valence-electron chi connectivity index (χ3n) is 4.41. The van der Waals surface area contributed by atoms with Gasteiger partial charge in [0.05, 0.1) is 15.9 Å². The van der Waals surface area contributed by atoms with E-state index in [1.54, 1.807) is 11.3 Å². The van der Waals surface area contributed by atoms with Crippen LogP contribution >= 0.6 is 11.3 Å². The summed E-state index contributed by atoms with van der Waals surface area (Å²) in [7, 11) is 0. The minimum atomic E-state index is 1.08. The van der Waals surface area contributed by atoms with Gasteiger partial charge in [-0.1, -0.05) is 29.5 Å². The molecule has 110 valence electrons. The molecule has 0 spiro atoms. The molecule has 4 rings (SSSR count). The van der Waals surface area contributed by atoms with E-state index in [0.29, 0.717) is 0 Å². The predicted octanol–water partition coefficient (Wildman–Crippen LogP) is 5.45. The molecule has 22 heavy (non-hydrogen) atoms. The van der Waals surface area contributed by atoms with E-state index < -0.39 is 0 Å². The maximum atomic E-state index is 4.90. The molecule has 2 nitrogen and oxygen atoms in total. The zero-order valence-electron chi connectivity index (χ0n) is 13.3. The maximum Gasteiger partial charge on any atom is 0.195 e. The molecule has 2 aromatic carbocycles. The Bertz CT molecular complexity index is 1020. The fourth-order valence-electron chi connectivity index (χ4n) is 2.98. The monoisotopic (exact) mass is 306 g/mol. The van der Waals surface area contributed by atoms with Crippen molar-refractivity contribution in [3.63, 3.8) is 0 Å². The summed E-state index contributed by atoms with van der Waals surface area (Å²) < 4.78 is 3.58. The number of rotatable bonds is 1. The first kappa shape index (κ1) is 13.5. The minimum Gasteiger partial charge on any atom is -0.287 e. The number of fused-ring (bicyclic) bond motifs is 3. The van der Waals surface area contributed by atoms with Crippen LogP contribution in [0.5, 0.6) is 0 Å². The summed E-state index contributed by atoms with van der Waals surface area (Å²) in [6, 6.07) is 13.2. The van der Waals surface area contributed by atoms with Crippen molar-refractivity contribution in [1.29, 1.82) is 0 Å². The van der Waals surface area contributed by atoms with Gasteiger partial charge in [-0.25, -0.2) is 4.98 Å². The number of nitrogens with zero attached hydrogens (tertiary/aromatic N) is 2. The van der Waals surface area contributed by atoms with Crippen LogP contribution in [0, 0.1) is 27.7 Å². The van der Waals surface area contributed by atoms with Crippen LogP contribution in [0.25, 0.3) is 26.4 Å². The Balaban J connectivity index is 2.00. The van der Waals surface area contributed by atoms with Gasteiger partial charge in [0.25, 0.3) is 0 Å². The Morgan fingerprint density at radius 3 is 2.50 bits per heavy atom. The number of hydrogen-bond acceptors (Lipinski definition) is 2. The number of hydrogen-bond donors (Lipinski definition) is 0. The fraction of sp³-hybridized carbons (Fsp3) is 0.211. The predicted molar refractivity (Wildman–Crippen MR) is 95.0 cm³/mol. The smallest absolute Gasteiger partial charge is 0.195 e. The Morgan fingerprint density at radius 1 is 0.909 bits per heavy atom. The van der Waals surface area contributed by atoms with E-state index >= 15 is 0 Å². The standard InChI is InChI=1S/C19H18N2S/c1-11-5-8-16-17(9-11)22-19-20-18(14(4)21(16)19)15-7-6-12(2)13(3)10-15/h5-10H,1-4H3. The fourth-order valence-corrected chi connectivity index (χ4v) is 4.15. The van der Waals surface area contributed by atoms with Gasteiger partial charge in [-0.15, -0.1) is 0 Å². The summed E-state index contributed by atoms with van der Waals surface area (Å²) >= 11 is 1.76. The van der Waals surface area contributed by atoms with Crippen LogP contribution in [-0.4, -0.2) is 9.38 Å². The highest BCUT2D eigenvalue weighted by Crippen LogP contribution is 2.33. The van der Waals surface area contributed by atoms with E-state index in [1.807, 2.05) is 0 Å². The highest BCUT2D eigenvalue weighted by atomic mass is 32.1. The normalized spacial score (nSPS) is 11.6. The van der Waals surface area contributed by atoms with Gasteiger partial charge in [-0.2, -0.15) is 0 Å². The van der Waals surface area contributed by atoms with Crippen LogP contribution < -0.4 is 0 Å². The van der Waals surface area contributed by atoms with Gasteiger partial charge in [-0.3, -0.25) is 4.40 Å². The lowest BCUT2D eigenvalue weighted by Gasteiger charge is -2.04. The van der Waals surface area contributed by atoms with Crippen molar-refractivity contribution < 1.29 is 0 Å². The average molecular weight is 306 g/mol. The summed E-state index contributed by atoms with van der Waals surface area (Å²) in [6.07, 6.45) is 0. The summed E-state index contributed by atoms with van der Waals surface area (Å²) in [6.45, 7) is 8.60. The first-order valence-electron chi connectivity index (χ1n) is 7.50. The van der Waals surface area contributed by atoms with Crippen LogP contribution in [0.1, 0.15) is 22.4 Å². The van der Waals surface area contributed by atoms with Crippen molar-refractivity contribution in [2.45, 2.75) is 27.7 Å².